The van der Waals surface area contributed by atoms with Gasteiger partial charge in [0.1, 0.15) is 4.90 Å². The zero-order valence-electron chi connectivity index (χ0n) is 10.3. The van der Waals surface area contributed by atoms with Crippen molar-refractivity contribution in [1.29, 1.82) is 0 Å². The number of benzene rings is 2. The minimum Gasteiger partial charge on any atom is -0.264 e. The Balaban J connectivity index is 0.00000162. The lowest BCUT2D eigenvalue weighted by Gasteiger charge is -2.10. The molecule has 0 unspecified atom stereocenters. The summed E-state index contributed by atoms with van der Waals surface area (Å²) in [6.07, 6.45) is -0.362. The molecule has 2 aromatic carbocycles. The van der Waals surface area contributed by atoms with Crippen LogP contribution in [0.1, 0.15) is 13.8 Å². The van der Waals surface area contributed by atoms with E-state index in [1.54, 1.807) is 32.0 Å². The van der Waals surface area contributed by atoms with Gasteiger partial charge < -0.3 is 0 Å². The molecule has 0 aliphatic rings. The van der Waals surface area contributed by atoms with Crippen LogP contribution >= 0.6 is 0 Å². The van der Waals surface area contributed by atoms with Crippen LogP contribution in [-0.2, 0) is 14.3 Å². The fraction of sp³-hybridized carbons (Fsp3) is 0.231. The van der Waals surface area contributed by atoms with Gasteiger partial charge in [-0.15, -0.1) is 0 Å². The first-order chi connectivity index (χ1) is 8.00. The van der Waals surface area contributed by atoms with E-state index in [0.717, 1.165) is 5.39 Å². The lowest BCUT2D eigenvalue weighted by Crippen LogP contribution is -2.12. The van der Waals surface area contributed by atoms with E-state index in [9.17, 15) is 8.42 Å². The molecule has 0 saturated carbocycles. The molecule has 0 aromatic heterocycles. The van der Waals surface area contributed by atoms with E-state index in [4.69, 9.17) is 4.18 Å². The summed E-state index contributed by atoms with van der Waals surface area (Å²) >= 11 is 0. The molecule has 93 valence electrons. The van der Waals surface area contributed by atoms with E-state index < -0.39 is 10.1 Å². The van der Waals surface area contributed by atoms with Crippen molar-refractivity contribution < 1.29 is 12.6 Å². The lowest BCUT2D eigenvalue weighted by molar-refractivity contribution is 0.249. The van der Waals surface area contributed by atoms with E-state index in [1.807, 2.05) is 24.3 Å². The highest BCUT2D eigenvalue weighted by molar-refractivity contribution is 7.87. The van der Waals surface area contributed by atoms with Gasteiger partial charge >= 0.3 is 0 Å². The van der Waals surface area contributed by atoms with Crippen LogP contribution < -0.4 is 0 Å². The van der Waals surface area contributed by atoms with Crippen LogP contribution in [0, 0.1) is 0 Å². The standard InChI is InChI=1S/C13H14O3S.Al/c1-10(2)16-17(14,15)13-9-5-7-11-6-3-4-8-12(11)13;/h3-10H,1-2H3;. The summed E-state index contributed by atoms with van der Waals surface area (Å²) in [5.74, 6) is 0. The Hall–Kier alpha value is -0.858. The third-order valence-electron chi connectivity index (χ3n) is 2.34. The average Bonchev–Trinajstić information content (AvgIpc) is 2.26. The van der Waals surface area contributed by atoms with Crippen molar-refractivity contribution in [3.05, 3.63) is 42.5 Å². The van der Waals surface area contributed by atoms with Crippen LogP contribution in [-0.4, -0.2) is 31.9 Å². The maximum atomic E-state index is 12.0. The molecule has 0 atom stereocenters. The Bertz CT molecular complexity index is 630. The van der Waals surface area contributed by atoms with Gasteiger partial charge in [0.05, 0.1) is 6.10 Å². The summed E-state index contributed by atoms with van der Waals surface area (Å²) in [5, 5.41) is 1.58. The second-order valence-corrected chi connectivity index (χ2v) is 5.62. The van der Waals surface area contributed by atoms with Crippen LogP contribution in [0.4, 0.5) is 0 Å². The Morgan fingerprint density at radius 2 is 1.61 bits per heavy atom. The largest absolute Gasteiger partial charge is 0.297 e. The van der Waals surface area contributed by atoms with Crippen LogP contribution in [0.3, 0.4) is 0 Å². The van der Waals surface area contributed by atoms with Crippen LogP contribution in [0.5, 0.6) is 0 Å². The van der Waals surface area contributed by atoms with Crippen LogP contribution in [0.2, 0.25) is 0 Å². The Morgan fingerprint density at radius 3 is 2.28 bits per heavy atom. The van der Waals surface area contributed by atoms with Crippen LogP contribution in [0.15, 0.2) is 47.4 Å². The van der Waals surface area contributed by atoms with Crippen molar-refractivity contribution in [2.75, 3.05) is 0 Å². The highest BCUT2D eigenvalue weighted by Crippen LogP contribution is 2.24. The molecule has 2 rings (SSSR count). The van der Waals surface area contributed by atoms with Crippen molar-refractivity contribution in [3.8, 4) is 0 Å². The van der Waals surface area contributed by atoms with E-state index in [1.165, 1.54) is 0 Å². The smallest absolute Gasteiger partial charge is 0.264 e. The maximum Gasteiger partial charge on any atom is 0.297 e. The molecule has 18 heavy (non-hydrogen) atoms. The zero-order valence-corrected chi connectivity index (χ0v) is 12.3. The van der Waals surface area contributed by atoms with Gasteiger partial charge in [-0.25, -0.2) is 0 Å². The SMILES string of the molecule is CC(C)OS(=O)(=O)c1cccc2ccccc12.[Al]. The fourth-order valence-corrected chi connectivity index (χ4v) is 3.03. The molecule has 0 fully saturated rings. The molecule has 0 amide bonds. The highest BCUT2D eigenvalue weighted by atomic mass is 32.2. The predicted molar refractivity (Wildman–Crippen MR) is 73.1 cm³/mol. The molecule has 0 aliphatic carbocycles. The van der Waals surface area contributed by atoms with Gasteiger partial charge in [0, 0.05) is 22.7 Å². The number of rotatable bonds is 3. The second kappa shape index (κ2) is 5.86. The summed E-state index contributed by atoms with van der Waals surface area (Å²) in [6, 6.07) is 12.5. The predicted octanol–water partition coefficient (Wildman–Crippen LogP) is 2.57. The monoisotopic (exact) mass is 277 g/mol. The molecule has 2 aromatic rings. The van der Waals surface area contributed by atoms with Gasteiger partial charge in [0.2, 0.25) is 0 Å². The van der Waals surface area contributed by atoms with Gasteiger partial charge in [-0.05, 0) is 25.3 Å². The molecule has 0 aliphatic heterocycles. The van der Waals surface area contributed by atoms with Crippen molar-refractivity contribution in [2.24, 2.45) is 0 Å². The van der Waals surface area contributed by atoms with Crippen molar-refractivity contribution in [2.45, 2.75) is 24.8 Å². The van der Waals surface area contributed by atoms with E-state index in [0.29, 0.717) is 5.39 Å². The third-order valence-corrected chi connectivity index (χ3v) is 3.87. The fourth-order valence-electron chi connectivity index (χ4n) is 1.72. The molecule has 0 heterocycles. The van der Waals surface area contributed by atoms with E-state index >= 15 is 0 Å². The summed E-state index contributed by atoms with van der Waals surface area (Å²) in [5.41, 5.74) is 0. The highest BCUT2D eigenvalue weighted by Gasteiger charge is 2.19. The Kier molecular flexibility index (Phi) is 4.94. The molecule has 3 radical (unpaired) electrons. The lowest BCUT2D eigenvalue weighted by atomic mass is 10.1. The Labute approximate surface area is 118 Å². The summed E-state index contributed by atoms with van der Waals surface area (Å²) in [7, 11) is -3.69. The average molecular weight is 277 g/mol. The molecular weight excluding hydrogens is 263 g/mol. The van der Waals surface area contributed by atoms with Crippen molar-refractivity contribution in [3.63, 3.8) is 0 Å². The summed E-state index contributed by atoms with van der Waals surface area (Å²) in [6.45, 7) is 3.39. The molecule has 0 saturated heterocycles. The molecule has 3 nitrogen and oxygen atoms in total. The molecule has 0 N–H and O–H groups in total. The topological polar surface area (TPSA) is 43.4 Å². The zero-order chi connectivity index (χ0) is 12.5. The molecule has 0 spiro atoms. The number of hydrogen-bond donors (Lipinski definition) is 0. The van der Waals surface area contributed by atoms with Crippen molar-refractivity contribution in [1.82, 2.24) is 0 Å². The Morgan fingerprint density at radius 1 is 1.00 bits per heavy atom. The first-order valence-corrected chi connectivity index (χ1v) is 6.82. The van der Waals surface area contributed by atoms with Crippen LogP contribution in [0.25, 0.3) is 10.8 Å². The minimum absolute atomic E-state index is 0. The first kappa shape index (κ1) is 15.2. The number of hydrogen-bond acceptors (Lipinski definition) is 3. The van der Waals surface area contributed by atoms with Gasteiger partial charge in [-0.3, -0.25) is 4.18 Å². The first-order valence-electron chi connectivity index (χ1n) is 5.42. The van der Waals surface area contributed by atoms with Gasteiger partial charge in [-0.2, -0.15) is 8.42 Å². The molecular formula is C13H14AlO3S. The minimum atomic E-state index is -3.69. The van der Waals surface area contributed by atoms with Crippen molar-refractivity contribution >= 4 is 38.3 Å². The molecule has 0 bridgehead atoms. The quantitative estimate of drug-likeness (QED) is 0.639. The second-order valence-electron chi connectivity index (χ2n) is 4.08. The van der Waals surface area contributed by atoms with Gasteiger partial charge in [-0.1, -0.05) is 36.4 Å². The maximum absolute atomic E-state index is 12.0. The third kappa shape index (κ3) is 3.12. The van der Waals surface area contributed by atoms with E-state index in [-0.39, 0.29) is 28.4 Å². The van der Waals surface area contributed by atoms with E-state index in [2.05, 4.69) is 0 Å². The summed E-state index contributed by atoms with van der Waals surface area (Å²) in [4.78, 5) is 0.226. The number of fused-ring (bicyclic) bond motifs is 1. The summed E-state index contributed by atoms with van der Waals surface area (Å²) < 4.78 is 29.1. The molecule has 5 heteroatoms. The van der Waals surface area contributed by atoms with Gasteiger partial charge in [0.15, 0.2) is 0 Å². The normalized spacial score (nSPS) is 11.5. The van der Waals surface area contributed by atoms with Gasteiger partial charge in [0.25, 0.3) is 10.1 Å².